The van der Waals surface area contributed by atoms with Crippen molar-refractivity contribution in [3.63, 3.8) is 0 Å². The smallest absolute Gasteiger partial charge is 0.251 e. The highest BCUT2D eigenvalue weighted by Crippen LogP contribution is 2.28. The second-order valence-electron chi connectivity index (χ2n) is 8.40. The summed E-state index contributed by atoms with van der Waals surface area (Å²) in [5.41, 5.74) is 2.83. The molecule has 0 heterocycles. The molecule has 0 saturated carbocycles. The van der Waals surface area contributed by atoms with Crippen LogP contribution < -0.4 is 14.8 Å². The lowest BCUT2D eigenvalue weighted by atomic mass is 10.1. The van der Waals surface area contributed by atoms with Crippen LogP contribution in [0.2, 0.25) is 0 Å². The number of rotatable bonds is 14. The van der Waals surface area contributed by atoms with E-state index in [2.05, 4.69) is 49.7 Å². The SMILES string of the molecule is CCN(CC)CCOc1ccc(CNC(=O)c2ccc(CN(CC)C(C)C)cc2)cc1OC. The maximum atomic E-state index is 12.6. The number of nitrogens with zero attached hydrogens (tertiary/aromatic N) is 2. The number of ether oxygens (including phenoxy) is 2. The minimum Gasteiger partial charge on any atom is -0.493 e. The molecule has 0 bridgehead atoms. The molecule has 0 unspecified atom stereocenters. The van der Waals surface area contributed by atoms with Gasteiger partial charge in [-0.3, -0.25) is 9.69 Å². The summed E-state index contributed by atoms with van der Waals surface area (Å²) in [5.74, 6) is 1.31. The molecule has 0 spiro atoms. The van der Waals surface area contributed by atoms with Crippen LogP contribution >= 0.6 is 0 Å². The maximum absolute atomic E-state index is 12.6. The van der Waals surface area contributed by atoms with E-state index >= 15 is 0 Å². The van der Waals surface area contributed by atoms with E-state index in [4.69, 9.17) is 9.47 Å². The molecule has 6 nitrogen and oxygen atoms in total. The molecule has 1 amide bonds. The summed E-state index contributed by atoms with van der Waals surface area (Å²) in [6.07, 6.45) is 0. The van der Waals surface area contributed by atoms with E-state index < -0.39 is 0 Å². The topological polar surface area (TPSA) is 54.0 Å². The molecule has 1 N–H and O–H groups in total. The molecule has 0 atom stereocenters. The van der Waals surface area contributed by atoms with Crippen molar-refractivity contribution in [1.82, 2.24) is 15.1 Å². The predicted molar refractivity (Wildman–Crippen MR) is 135 cm³/mol. The lowest BCUT2D eigenvalue weighted by Crippen LogP contribution is -2.30. The van der Waals surface area contributed by atoms with Crippen LogP contribution in [0.3, 0.4) is 0 Å². The van der Waals surface area contributed by atoms with Crippen molar-refractivity contribution in [2.24, 2.45) is 0 Å². The molecule has 33 heavy (non-hydrogen) atoms. The zero-order valence-corrected chi connectivity index (χ0v) is 21.2. The fraction of sp³-hybridized carbons (Fsp3) is 0.519. The Labute approximate surface area is 199 Å². The number of amides is 1. The molecule has 2 rings (SSSR count). The third-order valence-corrected chi connectivity index (χ3v) is 5.98. The van der Waals surface area contributed by atoms with Crippen LogP contribution in [-0.4, -0.2) is 61.6 Å². The van der Waals surface area contributed by atoms with Gasteiger partial charge in [0.05, 0.1) is 7.11 Å². The van der Waals surface area contributed by atoms with E-state index in [1.807, 2.05) is 42.5 Å². The Bertz CT molecular complexity index is 848. The van der Waals surface area contributed by atoms with E-state index in [-0.39, 0.29) is 5.91 Å². The molecule has 0 aliphatic carbocycles. The highest BCUT2D eigenvalue weighted by Gasteiger charge is 2.11. The van der Waals surface area contributed by atoms with E-state index in [0.29, 0.717) is 30.5 Å². The third kappa shape index (κ3) is 8.37. The van der Waals surface area contributed by atoms with Crippen LogP contribution in [0.25, 0.3) is 0 Å². The van der Waals surface area contributed by atoms with Gasteiger partial charge in [-0.15, -0.1) is 0 Å². The number of carbonyl (C=O) groups excluding carboxylic acids is 1. The minimum atomic E-state index is -0.0868. The first-order valence-electron chi connectivity index (χ1n) is 12.0. The van der Waals surface area contributed by atoms with Crippen molar-refractivity contribution < 1.29 is 14.3 Å². The van der Waals surface area contributed by atoms with Gasteiger partial charge in [0.25, 0.3) is 5.91 Å². The molecule has 182 valence electrons. The van der Waals surface area contributed by atoms with E-state index in [9.17, 15) is 4.79 Å². The van der Waals surface area contributed by atoms with Gasteiger partial charge in [0, 0.05) is 31.2 Å². The Morgan fingerprint density at radius 2 is 1.61 bits per heavy atom. The molecule has 0 fully saturated rings. The summed E-state index contributed by atoms with van der Waals surface area (Å²) in [5, 5.41) is 3.00. The van der Waals surface area contributed by atoms with Crippen molar-refractivity contribution in [3.05, 3.63) is 59.2 Å². The second-order valence-corrected chi connectivity index (χ2v) is 8.40. The minimum absolute atomic E-state index is 0.0868. The fourth-order valence-electron chi connectivity index (χ4n) is 3.71. The maximum Gasteiger partial charge on any atom is 0.251 e. The van der Waals surface area contributed by atoms with E-state index in [0.717, 1.165) is 44.0 Å². The summed E-state index contributed by atoms with van der Waals surface area (Å²) in [4.78, 5) is 17.3. The van der Waals surface area contributed by atoms with Crippen LogP contribution in [0.15, 0.2) is 42.5 Å². The number of likely N-dealkylation sites (N-methyl/N-ethyl adjacent to an activating group) is 1. The number of nitrogens with one attached hydrogen (secondary N) is 1. The van der Waals surface area contributed by atoms with Gasteiger partial charge >= 0.3 is 0 Å². The molecular weight excluding hydrogens is 414 g/mol. The number of methoxy groups -OCH3 is 1. The Kier molecular flexibility index (Phi) is 11.2. The van der Waals surface area contributed by atoms with E-state index in [1.165, 1.54) is 5.56 Å². The van der Waals surface area contributed by atoms with Gasteiger partial charge in [0.15, 0.2) is 11.5 Å². The van der Waals surface area contributed by atoms with Gasteiger partial charge in [-0.1, -0.05) is 39.0 Å². The number of carbonyl (C=O) groups is 1. The molecule has 0 aliphatic rings. The Morgan fingerprint density at radius 3 is 2.18 bits per heavy atom. The normalized spacial score (nSPS) is 11.3. The monoisotopic (exact) mass is 455 g/mol. The summed E-state index contributed by atoms with van der Waals surface area (Å²) >= 11 is 0. The fourth-order valence-corrected chi connectivity index (χ4v) is 3.71. The van der Waals surface area contributed by atoms with Crippen molar-refractivity contribution in [2.45, 2.75) is 53.8 Å². The average Bonchev–Trinajstić information content (AvgIpc) is 2.84. The molecule has 0 radical (unpaired) electrons. The van der Waals surface area contributed by atoms with Crippen LogP contribution in [0, 0.1) is 0 Å². The molecule has 6 heteroatoms. The van der Waals surface area contributed by atoms with Crippen LogP contribution in [0.5, 0.6) is 11.5 Å². The highest BCUT2D eigenvalue weighted by atomic mass is 16.5. The van der Waals surface area contributed by atoms with Crippen molar-refractivity contribution in [1.29, 1.82) is 0 Å². The summed E-state index contributed by atoms with van der Waals surface area (Å²) < 4.78 is 11.4. The Morgan fingerprint density at radius 1 is 0.939 bits per heavy atom. The zero-order valence-electron chi connectivity index (χ0n) is 21.2. The molecular formula is C27H41N3O3. The standard InChI is InChI=1S/C27H41N3O3/c1-7-29(8-2)16-17-33-25-15-12-23(18-26(25)32-6)19-28-27(31)24-13-10-22(11-14-24)20-30(9-3)21(4)5/h10-15,18,21H,7-9,16-17,19-20H2,1-6H3,(H,28,31). The molecule has 0 saturated heterocycles. The largest absolute Gasteiger partial charge is 0.493 e. The van der Waals surface area contributed by atoms with Crippen molar-refractivity contribution in [3.8, 4) is 11.5 Å². The number of benzene rings is 2. The first-order chi connectivity index (χ1) is 15.9. The zero-order chi connectivity index (χ0) is 24.2. The Balaban J connectivity index is 1.91. The summed E-state index contributed by atoms with van der Waals surface area (Å²) in [7, 11) is 1.63. The van der Waals surface area contributed by atoms with Gasteiger partial charge in [0.2, 0.25) is 0 Å². The first kappa shape index (κ1) is 26.7. The lowest BCUT2D eigenvalue weighted by Gasteiger charge is -2.24. The molecule has 2 aromatic rings. The van der Waals surface area contributed by atoms with Crippen LogP contribution in [-0.2, 0) is 13.1 Å². The average molecular weight is 456 g/mol. The predicted octanol–water partition coefficient (Wildman–Crippen LogP) is 4.58. The van der Waals surface area contributed by atoms with Gasteiger partial charge in [-0.05, 0) is 68.9 Å². The van der Waals surface area contributed by atoms with Gasteiger partial charge in [-0.2, -0.15) is 0 Å². The highest BCUT2D eigenvalue weighted by molar-refractivity contribution is 5.94. The van der Waals surface area contributed by atoms with Crippen molar-refractivity contribution in [2.75, 3.05) is 39.9 Å². The molecule has 0 aliphatic heterocycles. The number of hydrogen-bond donors (Lipinski definition) is 1. The number of hydrogen-bond acceptors (Lipinski definition) is 5. The molecule has 2 aromatic carbocycles. The first-order valence-corrected chi connectivity index (χ1v) is 12.0. The third-order valence-electron chi connectivity index (χ3n) is 5.98. The quantitative estimate of drug-likeness (QED) is 0.452. The van der Waals surface area contributed by atoms with E-state index in [1.54, 1.807) is 7.11 Å². The van der Waals surface area contributed by atoms with Crippen molar-refractivity contribution >= 4 is 5.91 Å². The lowest BCUT2D eigenvalue weighted by molar-refractivity contribution is 0.0951. The second kappa shape index (κ2) is 13.9. The summed E-state index contributed by atoms with van der Waals surface area (Å²) in [6, 6.07) is 14.1. The van der Waals surface area contributed by atoms with Gasteiger partial charge < -0.3 is 19.7 Å². The van der Waals surface area contributed by atoms with Gasteiger partial charge in [-0.25, -0.2) is 0 Å². The summed E-state index contributed by atoms with van der Waals surface area (Å²) in [6.45, 7) is 16.7. The molecule has 0 aromatic heterocycles. The van der Waals surface area contributed by atoms with Crippen LogP contribution in [0.4, 0.5) is 0 Å². The van der Waals surface area contributed by atoms with Gasteiger partial charge in [0.1, 0.15) is 6.61 Å². The Hall–Kier alpha value is -2.57. The van der Waals surface area contributed by atoms with Crippen LogP contribution in [0.1, 0.15) is 56.1 Å².